The second kappa shape index (κ2) is 7.74. The average molecular weight is 364 g/mol. The number of aromatic nitrogens is 1. The van der Waals surface area contributed by atoms with Crippen molar-refractivity contribution in [1.29, 1.82) is 0 Å². The third kappa shape index (κ3) is 3.63. The van der Waals surface area contributed by atoms with Crippen LogP contribution < -0.4 is 0 Å². The zero-order chi connectivity index (χ0) is 19.6. The van der Waals surface area contributed by atoms with E-state index in [1.165, 1.54) is 5.56 Å². The maximum Gasteiger partial charge on any atom is 0.290 e. The van der Waals surface area contributed by atoms with Crippen molar-refractivity contribution in [2.45, 2.75) is 45.7 Å². The highest BCUT2D eigenvalue weighted by molar-refractivity contribution is 6.08. The number of aliphatic hydroxyl groups is 1. The number of hydrogen-bond acceptors (Lipinski definition) is 4. The van der Waals surface area contributed by atoms with Crippen molar-refractivity contribution >= 4 is 11.7 Å². The van der Waals surface area contributed by atoms with Crippen molar-refractivity contribution < 1.29 is 14.7 Å². The van der Waals surface area contributed by atoms with Gasteiger partial charge in [-0.15, -0.1) is 0 Å². The van der Waals surface area contributed by atoms with Crippen molar-refractivity contribution in [1.82, 2.24) is 9.88 Å². The van der Waals surface area contributed by atoms with Gasteiger partial charge in [0.05, 0.1) is 11.6 Å². The molecular weight excluding hydrogens is 340 g/mol. The summed E-state index contributed by atoms with van der Waals surface area (Å²) in [6.45, 7) is 6.25. The summed E-state index contributed by atoms with van der Waals surface area (Å²) in [5, 5.41) is 10.4. The van der Waals surface area contributed by atoms with Gasteiger partial charge in [-0.1, -0.05) is 45.0 Å². The highest BCUT2D eigenvalue weighted by Gasteiger charge is 2.42. The molecule has 1 aromatic carbocycles. The number of ketones is 1. The lowest BCUT2D eigenvalue weighted by Crippen LogP contribution is -2.30. The minimum absolute atomic E-state index is 0.189. The number of benzene rings is 1. The van der Waals surface area contributed by atoms with E-state index in [4.69, 9.17) is 0 Å². The van der Waals surface area contributed by atoms with E-state index < -0.39 is 17.7 Å². The molecule has 2 heterocycles. The number of nitrogens with zero attached hydrogens (tertiary/aromatic N) is 2. The molecule has 27 heavy (non-hydrogen) atoms. The van der Waals surface area contributed by atoms with Gasteiger partial charge >= 0.3 is 0 Å². The second-order valence-electron chi connectivity index (χ2n) is 7.05. The van der Waals surface area contributed by atoms with Crippen LogP contribution in [0.15, 0.2) is 60.1 Å². The molecule has 0 spiro atoms. The van der Waals surface area contributed by atoms with Gasteiger partial charge < -0.3 is 10.0 Å². The second-order valence-corrected chi connectivity index (χ2v) is 7.05. The highest BCUT2D eigenvalue weighted by atomic mass is 16.3. The van der Waals surface area contributed by atoms with E-state index in [-0.39, 0.29) is 17.8 Å². The average Bonchev–Trinajstić information content (AvgIpc) is 2.93. The standard InChI is InChI=1S/C22H24N2O3/c1-4-18(25)19-20(17-7-5-16(6-8-17)14(2)3)24(22(27)21(19)26)13-15-9-11-23-12-10-15/h5-12,14,20,26H,4,13H2,1-3H3. The minimum atomic E-state index is -0.584. The third-order valence-corrected chi connectivity index (χ3v) is 4.95. The lowest BCUT2D eigenvalue weighted by Gasteiger charge is -2.27. The van der Waals surface area contributed by atoms with Gasteiger partial charge in [0.15, 0.2) is 11.5 Å². The Morgan fingerprint density at radius 3 is 2.33 bits per heavy atom. The molecule has 140 valence electrons. The van der Waals surface area contributed by atoms with Gasteiger partial charge in [-0.05, 0) is 34.7 Å². The zero-order valence-electron chi connectivity index (χ0n) is 15.8. The van der Waals surface area contributed by atoms with Crippen LogP contribution in [0.25, 0.3) is 0 Å². The number of amides is 1. The van der Waals surface area contributed by atoms with Gasteiger partial charge in [-0.2, -0.15) is 0 Å². The predicted molar refractivity (Wildman–Crippen MR) is 103 cm³/mol. The summed E-state index contributed by atoms with van der Waals surface area (Å²) < 4.78 is 0. The van der Waals surface area contributed by atoms with Gasteiger partial charge in [0.1, 0.15) is 0 Å². The summed E-state index contributed by atoms with van der Waals surface area (Å²) in [5.41, 5.74) is 3.08. The number of Topliss-reactive ketones (excluding diaryl/α,β-unsaturated/α-hetero) is 1. The summed E-state index contributed by atoms with van der Waals surface area (Å²) in [7, 11) is 0. The van der Waals surface area contributed by atoms with E-state index in [0.29, 0.717) is 12.5 Å². The van der Waals surface area contributed by atoms with Crippen molar-refractivity contribution in [2.24, 2.45) is 0 Å². The van der Waals surface area contributed by atoms with Gasteiger partial charge in [0.25, 0.3) is 5.91 Å². The lowest BCUT2D eigenvalue weighted by molar-refractivity contribution is -0.130. The molecule has 1 N–H and O–H groups in total. The molecule has 5 heteroatoms. The molecule has 1 aromatic heterocycles. The van der Waals surface area contributed by atoms with E-state index in [1.807, 2.05) is 36.4 Å². The maximum absolute atomic E-state index is 12.7. The van der Waals surface area contributed by atoms with Crippen molar-refractivity contribution in [2.75, 3.05) is 0 Å². The van der Waals surface area contributed by atoms with Crippen molar-refractivity contribution in [3.63, 3.8) is 0 Å². The van der Waals surface area contributed by atoms with Crippen LogP contribution in [0.2, 0.25) is 0 Å². The number of pyridine rings is 1. The largest absolute Gasteiger partial charge is 0.503 e. The molecule has 1 aliphatic rings. The van der Waals surface area contributed by atoms with Gasteiger partial charge in [0, 0.05) is 25.4 Å². The molecule has 5 nitrogen and oxygen atoms in total. The van der Waals surface area contributed by atoms with Gasteiger partial charge in [-0.25, -0.2) is 0 Å². The maximum atomic E-state index is 12.7. The molecule has 1 aliphatic heterocycles. The topological polar surface area (TPSA) is 70.5 Å². The van der Waals surface area contributed by atoms with Crippen LogP contribution >= 0.6 is 0 Å². The quantitative estimate of drug-likeness (QED) is 0.838. The van der Waals surface area contributed by atoms with Crippen LogP contribution in [0, 0.1) is 0 Å². The van der Waals surface area contributed by atoms with Crippen molar-refractivity contribution in [3.8, 4) is 0 Å². The smallest absolute Gasteiger partial charge is 0.290 e. The Morgan fingerprint density at radius 1 is 1.15 bits per heavy atom. The molecule has 0 radical (unpaired) electrons. The number of aliphatic hydroxyl groups excluding tert-OH is 1. The summed E-state index contributed by atoms with van der Waals surface area (Å²) >= 11 is 0. The molecule has 1 unspecified atom stereocenters. The van der Waals surface area contributed by atoms with E-state index in [0.717, 1.165) is 11.1 Å². The molecule has 0 bridgehead atoms. The molecule has 2 aromatic rings. The van der Waals surface area contributed by atoms with Crippen LogP contribution in [0.4, 0.5) is 0 Å². The Balaban J connectivity index is 2.04. The van der Waals surface area contributed by atoms with Crippen molar-refractivity contribution in [3.05, 3.63) is 76.8 Å². The first kappa shape index (κ1) is 18.8. The summed E-state index contributed by atoms with van der Waals surface area (Å²) in [5.74, 6) is -0.774. The minimum Gasteiger partial charge on any atom is -0.503 e. The van der Waals surface area contributed by atoms with Crippen LogP contribution in [0.3, 0.4) is 0 Å². The fourth-order valence-corrected chi connectivity index (χ4v) is 3.39. The van der Waals surface area contributed by atoms with Crippen LogP contribution in [-0.2, 0) is 16.1 Å². The normalized spacial score (nSPS) is 17.1. The fourth-order valence-electron chi connectivity index (χ4n) is 3.39. The Hall–Kier alpha value is -2.95. The number of rotatable bonds is 6. The van der Waals surface area contributed by atoms with Gasteiger partial charge in [-0.3, -0.25) is 14.6 Å². The van der Waals surface area contributed by atoms with Crippen LogP contribution in [-0.4, -0.2) is 26.7 Å². The highest BCUT2D eigenvalue weighted by Crippen LogP contribution is 2.39. The molecule has 3 rings (SSSR count). The monoisotopic (exact) mass is 364 g/mol. The molecule has 0 fully saturated rings. The Bertz CT molecular complexity index is 870. The molecular formula is C22H24N2O3. The van der Waals surface area contributed by atoms with E-state index >= 15 is 0 Å². The molecule has 1 amide bonds. The zero-order valence-corrected chi connectivity index (χ0v) is 15.8. The predicted octanol–water partition coefficient (Wildman–Crippen LogP) is 4.08. The summed E-state index contributed by atoms with van der Waals surface area (Å²) in [6, 6.07) is 11.0. The Labute approximate surface area is 159 Å². The number of carbonyl (C=O) groups is 2. The van der Waals surface area contributed by atoms with Gasteiger partial charge in [0.2, 0.25) is 0 Å². The number of hydrogen-bond donors (Lipinski definition) is 1. The van der Waals surface area contributed by atoms with Crippen LogP contribution in [0.1, 0.15) is 55.8 Å². The molecule has 1 atom stereocenters. The molecule has 0 saturated heterocycles. The first-order chi connectivity index (χ1) is 12.9. The van der Waals surface area contributed by atoms with Crippen LogP contribution in [0.5, 0.6) is 0 Å². The van der Waals surface area contributed by atoms with E-state index in [9.17, 15) is 14.7 Å². The number of carbonyl (C=O) groups excluding carboxylic acids is 2. The lowest BCUT2D eigenvalue weighted by atomic mass is 9.93. The Morgan fingerprint density at radius 2 is 1.78 bits per heavy atom. The third-order valence-electron chi connectivity index (χ3n) is 4.95. The first-order valence-corrected chi connectivity index (χ1v) is 9.20. The molecule has 0 saturated carbocycles. The van der Waals surface area contributed by atoms with E-state index in [2.05, 4.69) is 18.8 Å². The molecule has 0 aliphatic carbocycles. The summed E-state index contributed by atoms with van der Waals surface area (Å²) in [4.78, 5) is 30.8. The first-order valence-electron chi connectivity index (χ1n) is 9.20. The van der Waals surface area contributed by atoms with E-state index in [1.54, 1.807) is 24.2 Å². The fraction of sp³-hybridized carbons (Fsp3) is 0.318. The summed E-state index contributed by atoms with van der Waals surface area (Å²) in [6.07, 6.45) is 3.55. The Kier molecular flexibility index (Phi) is 5.40. The SMILES string of the molecule is CCC(=O)C1=C(O)C(=O)N(Cc2ccncc2)C1c1ccc(C(C)C)cc1.